The summed E-state index contributed by atoms with van der Waals surface area (Å²) in [4.78, 5) is 10.6. The highest BCUT2D eigenvalue weighted by Gasteiger charge is 2.05. The number of benzene rings is 1. The van der Waals surface area contributed by atoms with Gasteiger partial charge in [-0.3, -0.25) is 4.79 Å². The van der Waals surface area contributed by atoms with Gasteiger partial charge >= 0.3 is 0 Å². The van der Waals surface area contributed by atoms with Gasteiger partial charge in [-0.25, -0.2) is 13.6 Å². The molecule has 0 unspecified atom stereocenters. The molecule has 96 valence electrons. The molecular formula is C12H14N2O3S. The van der Waals surface area contributed by atoms with E-state index in [4.69, 9.17) is 5.14 Å². The topological polar surface area (TPSA) is 89.3 Å². The van der Waals surface area contributed by atoms with Gasteiger partial charge in [0.1, 0.15) is 0 Å². The van der Waals surface area contributed by atoms with Gasteiger partial charge < -0.3 is 5.32 Å². The van der Waals surface area contributed by atoms with Gasteiger partial charge in [0, 0.05) is 25.5 Å². The van der Waals surface area contributed by atoms with E-state index >= 15 is 0 Å². The van der Waals surface area contributed by atoms with Crippen LogP contribution in [0, 0.1) is 11.8 Å². The van der Waals surface area contributed by atoms with Crippen molar-refractivity contribution in [3.05, 3.63) is 29.8 Å². The lowest BCUT2D eigenvalue weighted by atomic mass is 10.2. The van der Waals surface area contributed by atoms with Crippen molar-refractivity contribution in [2.24, 2.45) is 5.14 Å². The molecule has 0 aromatic heterocycles. The molecule has 0 aliphatic rings. The van der Waals surface area contributed by atoms with E-state index in [1.54, 1.807) is 12.1 Å². The second-order valence-corrected chi connectivity index (χ2v) is 5.17. The summed E-state index contributed by atoms with van der Waals surface area (Å²) in [5.74, 6) is 5.64. The smallest absolute Gasteiger partial charge is 0.238 e. The minimum absolute atomic E-state index is 0.0614. The fraction of sp³-hybridized carbons (Fsp3) is 0.250. The Morgan fingerprint density at radius 1 is 1.33 bits per heavy atom. The maximum atomic E-state index is 11.0. The van der Waals surface area contributed by atoms with Crippen LogP contribution >= 0.6 is 0 Å². The SMILES string of the molecule is CC(=O)NCCC#Cc1ccc(S(N)(=O)=O)cc1. The normalized spacial score (nSPS) is 10.3. The standard InChI is InChI=1S/C12H14N2O3S/c1-10(15)14-9-3-2-4-11-5-7-12(8-6-11)18(13,16)17/h5-8H,3,9H2,1H3,(H,14,15)(H2,13,16,17). The summed E-state index contributed by atoms with van der Waals surface area (Å²) in [6.07, 6.45) is 0.538. The van der Waals surface area contributed by atoms with E-state index in [-0.39, 0.29) is 10.8 Å². The third kappa shape index (κ3) is 4.99. The van der Waals surface area contributed by atoms with Crippen molar-refractivity contribution >= 4 is 15.9 Å². The summed E-state index contributed by atoms with van der Waals surface area (Å²) in [6.45, 7) is 1.94. The van der Waals surface area contributed by atoms with E-state index < -0.39 is 10.0 Å². The number of hydrogen-bond donors (Lipinski definition) is 2. The molecule has 5 nitrogen and oxygen atoms in total. The van der Waals surface area contributed by atoms with Crippen molar-refractivity contribution in [1.29, 1.82) is 0 Å². The van der Waals surface area contributed by atoms with Crippen molar-refractivity contribution in [2.45, 2.75) is 18.2 Å². The van der Waals surface area contributed by atoms with Crippen molar-refractivity contribution in [2.75, 3.05) is 6.54 Å². The molecule has 0 fully saturated rings. The molecule has 0 saturated heterocycles. The molecule has 0 atom stereocenters. The van der Waals surface area contributed by atoms with Gasteiger partial charge in [-0.15, -0.1) is 0 Å². The highest BCUT2D eigenvalue weighted by Crippen LogP contribution is 2.07. The predicted octanol–water partition coefficient (Wildman–Crippen LogP) is 0.212. The molecule has 1 aromatic carbocycles. The average molecular weight is 266 g/mol. The van der Waals surface area contributed by atoms with Crippen LogP contribution in [0.15, 0.2) is 29.2 Å². The van der Waals surface area contributed by atoms with Crippen LogP contribution in [0.25, 0.3) is 0 Å². The lowest BCUT2D eigenvalue weighted by Gasteiger charge is -1.97. The monoisotopic (exact) mass is 266 g/mol. The molecule has 1 amide bonds. The Morgan fingerprint density at radius 3 is 2.44 bits per heavy atom. The minimum Gasteiger partial charge on any atom is -0.355 e. The van der Waals surface area contributed by atoms with Gasteiger partial charge in [-0.2, -0.15) is 0 Å². The quantitative estimate of drug-likeness (QED) is 0.605. The van der Waals surface area contributed by atoms with Gasteiger partial charge in [0.25, 0.3) is 0 Å². The van der Waals surface area contributed by atoms with Crippen LogP contribution in [0.4, 0.5) is 0 Å². The summed E-state index contributed by atoms with van der Waals surface area (Å²) < 4.78 is 22.0. The van der Waals surface area contributed by atoms with Crippen LogP contribution in [0.3, 0.4) is 0 Å². The van der Waals surface area contributed by atoms with Crippen LogP contribution in [-0.2, 0) is 14.8 Å². The summed E-state index contributed by atoms with van der Waals surface area (Å²) in [7, 11) is -3.65. The summed E-state index contributed by atoms with van der Waals surface area (Å²) in [6, 6.07) is 6.00. The van der Waals surface area contributed by atoms with E-state index in [9.17, 15) is 13.2 Å². The number of amides is 1. The van der Waals surface area contributed by atoms with Crippen molar-refractivity contribution in [3.63, 3.8) is 0 Å². The zero-order valence-electron chi connectivity index (χ0n) is 9.93. The lowest BCUT2D eigenvalue weighted by molar-refractivity contribution is -0.118. The number of primary sulfonamides is 1. The lowest BCUT2D eigenvalue weighted by Crippen LogP contribution is -2.20. The number of nitrogens with two attached hydrogens (primary N) is 1. The Labute approximate surface area is 106 Å². The molecule has 0 bridgehead atoms. The largest absolute Gasteiger partial charge is 0.355 e. The number of carbonyl (C=O) groups excluding carboxylic acids is 1. The number of rotatable bonds is 3. The molecule has 0 aliphatic heterocycles. The molecule has 0 aliphatic carbocycles. The first-order valence-electron chi connectivity index (χ1n) is 5.26. The first-order chi connectivity index (χ1) is 8.39. The highest BCUT2D eigenvalue weighted by molar-refractivity contribution is 7.89. The first-order valence-corrected chi connectivity index (χ1v) is 6.80. The van der Waals surface area contributed by atoms with Gasteiger partial charge in [0.2, 0.25) is 15.9 Å². The molecule has 1 aromatic rings. The zero-order valence-corrected chi connectivity index (χ0v) is 10.8. The third-order valence-corrected chi connectivity index (χ3v) is 2.97. The van der Waals surface area contributed by atoms with E-state index in [1.165, 1.54) is 19.1 Å². The van der Waals surface area contributed by atoms with Crippen molar-refractivity contribution in [3.8, 4) is 11.8 Å². The Kier molecular flexibility index (Phi) is 4.89. The Morgan fingerprint density at radius 2 is 1.94 bits per heavy atom. The van der Waals surface area contributed by atoms with Crippen LogP contribution in [0.2, 0.25) is 0 Å². The fourth-order valence-electron chi connectivity index (χ4n) is 1.19. The molecule has 3 N–H and O–H groups in total. The molecular weight excluding hydrogens is 252 g/mol. The Bertz CT molecular complexity index is 580. The third-order valence-electron chi connectivity index (χ3n) is 2.04. The van der Waals surface area contributed by atoms with Crippen LogP contribution in [-0.4, -0.2) is 20.9 Å². The van der Waals surface area contributed by atoms with Crippen LogP contribution < -0.4 is 10.5 Å². The van der Waals surface area contributed by atoms with Crippen molar-refractivity contribution in [1.82, 2.24) is 5.32 Å². The van der Waals surface area contributed by atoms with Gasteiger partial charge in [0.05, 0.1) is 4.90 Å². The minimum atomic E-state index is -3.65. The highest BCUT2D eigenvalue weighted by atomic mass is 32.2. The molecule has 18 heavy (non-hydrogen) atoms. The second-order valence-electron chi connectivity index (χ2n) is 3.60. The van der Waals surface area contributed by atoms with E-state index in [2.05, 4.69) is 17.2 Å². The Balaban J connectivity index is 2.59. The summed E-state index contributed by atoms with van der Waals surface area (Å²) in [5.41, 5.74) is 0.699. The molecule has 0 saturated carbocycles. The maximum absolute atomic E-state index is 11.0. The van der Waals surface area contributed by atoms with Gasteiger partial charge in [-0.1, -0.05) is 11.8 Å². The van der Waals surface area contributed by atoms with Crippen LogP contribution in [0.5, 0.6) is 0 Å². The maximum Gasteiger partial charge on any atom is 0.238 e. The molecule has 0 spiro atoms. The van der Waals surface area contributed by atoms with E-state index in [1.807, 2.05) is 0 Å². The number of carbonyl (C=O) groups is 1. The Hall–Kier alpha value is -1.84. The summed E-state index contributed by atoms with van der Waals surface area (Å²) >= 11 is 0. The van der Waals surface area contributed by atoms with E-state index in [0.29, 0.717) is 18.5 Å². The van der Waals surface area contributed by atoms with Gasteiger partial charge in [0.15, 0.2) is 0 Å². The number of sulfonamides is 1. The molecule has 0 heterocycles. The fourth-order valence-corrected chi connectivity index (χ4v) is 1.71. The van der Waals surface area contributed by atoms with E-state index in [0.717, 1.165) is 0 Å². The number of nitrogens with one attached hydrogen (secondary N) is 1. The molecule has 6 heteroatoms. The van der Waals surface area contributed by atoms with Crippen LogP contribution in [0.1, 0.15) is 18.9 Å². The predicted molar refractivity (Wildman–Crippen MR) is 68.0 cm³/mol. The van der Waals surface area contributed by atoms with Crippen molar-refractivity contribution < 1.29 is 13.2 Å². The molecule has 1 rings (SSSR count). The van der Waals surface area contributed by atoms with Gasteiger partial charge in [-0.05, 0) is 24.3 Å². The second kappa shape index (κ2) is 6.19. The summed E-state index contributed by atoms with van der Waals surface area (Å²) in [5, 5.41) is 7.59. The number of hydrogen-bond acceptors (Lipinski definition) is 3. The average Bonchev–Trinajstić information content (AvgIpc) is 2.27. The zero-order chi connectivity index (χ0) is 13.6. The molecule has 0 radical (unpaired) electrons. The first kappa shape index (κ1) is 14.2.